The van der Waals surface area contributed by atoms with Gasteiger partial charge in [-0.25, -0.2) is 9.97 Å². The third kappa shape index (κ3) is 3.95. The molecule has 0 spiro atoms. The number of anilines is 2. The third-order valence-electron chi connectivity index (χ3n) is 4.22. The van der Waals surface area contributed by atoms with Gasteiger partial charge in [-0.2, -0.15) is 0 Å². The first kappa shape index (κ1) is 15.7. The summed E-state index contributed by atoms with van der Waals surface area (Å²) in [5.41, 5.74) is 0. The molecule has 1 aliphatic heterocycles. The summed E-state index contributed by atoms with van der Waals surface area (Å²) in [6, 6.07) is 2.45. The summed E-state index contributed by atoms with van der Waals surface area (Å²) in [5.74, 6) is 2.83. The molecular formula is C15H24N8. The number of rotatable bonds is 5. The lowest BCUT2D eigenvalue weighted by Gasteiger charge is -2.32. The van der Waals surface area contributed by atoms with Gasteiger partial charge in [0.1, 0.15) is 30.1 Å². The lowest BCUT2D eigenvalue weighted by molar-refractivity contribution is 0.204. The van der Waals surface area contributed by atoms with Crippen LogP contribution in [0, 0.1) is 0 Å². The van der Waals surface area contributed by atoms with Gasteiger partial charge >= 0.3 is 0 Å². The van der Waals surface area contributed by atoms with E-state index in [0.717, 1.165) is 49.9 Å². The highest BCUT2D eigenvalue weighted by atomic mass is 15.3. The first-order valence-electron chi connectivity index (χ1n) is 7.93. The van der Waals surface area contributed by atoms with Crippen LogP contribution in [0.1, 0.15) is 18.7 Å². The summed E-state index contributed by atoms with van der Waals surface area (Å²) in [7, 11) is 5.95. The van der Waals surface area contributed by atoms with Crippen LogP contribution >= 0.6 is 0 Å². The summed E-state index contributed by atoms with van der Waals surface area (Å²) < 4.78 is 1.98. The largest absolute Gasteiger partial charge is 0.367 e. The Morgan fingerprint density at radius 1 is 1.26 bits per heavy atom. The van der Waals surface area contributed by atoms with Crippen LogP contribution in [-0.4, -0.2) is 62.9 Å². The van der Waals surface area contributed by atoms with E-state index in [0.29, 0.717) is 6.04 Å². The molecule has 23 heavy (non-hydrogen) atoms. The van der Waals surface area contributed by atoms with Crippen molar-refractivity contribution in [2.75, 3.05) is 37.4 Å². The fourth-order valence-corrected chi connectivity index (χ4v) is 2.77. The summed E-state index contributed by atoms with van der Waals surface area (Å²) >= 11 is 0. The highest BCUT2D eigenvalue weighted by Crippen LogP contribution is 2.18. The number of piperidine rings is 1. The molecule has 1 saturated heterocycles. The Balaban J connectivity index is 1.51. The predicted molar refractivity (Wildman–Crippen MR) is 89.3 cm³/mol. The van der Waals surface area contributed by atoms with Gasteiger partial charge in [-0.3, -0.25) is 4.90 Å². The van der Waals surface area contributed by atoms with E-state index in [1.807, 2.05) is 36.7 Å². The molecule has 0 aliphatic carbocycles. The minimum absolute atomic E-state index is 0.454. The van der Waals surface area contributed by atoms with Crippen molar-refractivity contribution in [3.63, 3.8) is 0 Å². The summed E-state index contributed by atoms with van der Waals surface area (Å²) in [6.45, 7) is 2.97. The molecule has 0 radical (unpaired) electrons. The molecule has 0 unspecified atom stereocenters. The molecule has 1 N–H and O–H groups in total. The molecule has 0 amide bonds. The maximum Gasteiger partial charge on any atom is 0.146 e. The lowest BCUT2D eigenvalue weighted by atomic mass is 10.1. The molecule has 8 nitrogen and oxygen atoms in total. The fraction of sp³-hybridized carbons (Fsp3) is 0.600. The smallest absolute Gasteiger partial charge is 0.146 e. The molecular weight excluding hydrogens is 292 g/mol. The molecule has 2 aromatic rings. The normalized spacial score (nSPS) is 16.5. The van der Waals surface area contributed by atoms with Crippen LogP contribution in [-0.2, 0) is 13.6 Å². The Hall–Kier alpha value is -2.22. The molecule has 1 aliphatic rings. The van der Waals surface area contributed by atoms with Crippen LogP contribution in [0.2, 0.25) is 0 Å². The van der Waals surface area contributed by atoms with Crippen LogP contribution in [0.5, 0.6) is 0 Å². The van der Waals surface area contributed by atoms with E-state index in [1.54, 1.807) is 12.7 Å². The van der Waals surface area contributed by atoms with Gasteiger partial charge in [0.15, 0.2) is 0 Å². The third-order valence-corrected chi connectivity index (χ3v) is 4.22. The summed E-state index contributed by atoms with van der Waals surface area (Å²) in [4.78, 5) is 13.0. The van der Waals surface area contributed by atoms with Gasteiger partial charge in [0.25, 0.3) is 0 Å². The van der Waals surface area contributed by atoms with Gasteiger partial charge in [0.05, 0.1) is 6.54 Å². The Bertz CT molecular complexity index is 630. The quantitative estimate of drug-likeness (QED) is 0.872. The lowest BCUT2D eigenvalue weighted by Crippen LogP contribution is -2.39. The predicted octanol–water partition coefficient (Wildman–Crippen LogP) is 0.748. The SMILES string of the molecule is CN(C)c1cc(NC2CCN(Cc3nncn3C)CC2)ncn1. The second-order valence-electron chi connectivity index (χ2n) is 6.21. The molecule has 2 aromatic heterocycles. The van der Waals surface area contributed by atoms with Crippen LogP contribution in [0.3, 0.4) is 0 Å². The maximum atomic E-state index is 4.32. The average molecular weight is 316 g/mol. The Kier molecular flexibility index (Phi) is 4.71. The minimum atomic E-state index is 0.454. The number of likely N-dealkylation sites (tertiary alicyclic amines) is 1. The standard InChI is InChI=1S/C15H24N8/c1-21(2)14-8-13(16-10-17-14)19-12-4-6-23(7-5-12)9-15-20-18-11-22(15)3/h8,10-12H,4-7,9H2,1-3H3,(H,16,17,19). The van der Waals surface area contributed by atoms with Crippen molar-refractivity contribution in [1.82, 2.24) is 29.6 Å². The second-order valence-corrected chi connectivity index (χ2v) is 6.21. The molecule has 124 valence electrons. The van der Waals surface area contributed by atoms with E-state index in [4.69, 9.17) is 0 Å². The molecule has 0 bridgehead atoms. The van der Waals surface area contributed by atoms with Gasteiger partial charge in [0.2, 0.25) is 0 Å². The molecule has 0 atom stereocenters. The van der Waals surface area contributed by atoms with Gasteiger partial charge in [-0.05, 0) is 12.8 Å². The molecule has 8 heteroatoms. The Morgan fingerprint density at radius 2 is 2.04 bits per heavy atom. The van der Waals surface area contributed by atoms with Crippen molar-refractivity contribution in [3.05, 3.63) is 24.5 Å². The van der Waals surface area contributed by atoms with Crippen molar-refractivity contribution in [1.29, 1.82) is 0 Å². The molecule has 3 heterocycles. The monoisotopic (exact) mass is 316 g/mol. The van der Waals surface area contributed by atoms with E-state index >= 15 is 0 Å². The van der Waals surface area contributed by atoms with Crippen molar-refractivity contribution in [2.45, 2.75) is 25.4 Å². The van der Waals surface area contributed by atoms with Crippen LogP contribution in [0.25, 0.3) is 0 Å². The summed E-state index contributed by atoms with van der Waals surface area (Å²) in [6.07, 6.45) is 5.56. The maximum absolute atomic E-state index is 4.32. The van der Waals surface area contributed by atoms with E-state index in [-0.39, 0.29) is 0 Å². The molecule has 0 aromatic carbocycles. The van der Waals surface area contributed by atoms with Gasteiger partial charge in [0, 0.05) is 46.3 Å². The fourth-order valence-electron chi connectivity index (χ4n) is 2.77. The first-order valence-corrected chi connectivity index (χ1v) is 7.93. The molecule has 0 saturated carbocycles. The van der Waals surface area contributed by atoms with E-state index in [9.17, 15) is 0 Å². The second kappa shape index (κ2) is 6.91. The number of nitrogens with one attached hydrogen (secondary N) is 1. The summed E-state index contributed by atoms with van der Waals surface area (Å²) in [5, 5.41) is 11.6. The number of nitrogens with zero attached hydrogens (tertiary/aromatic N) is 7. The first-order chi connectivity index (χ1) is 11.1. The highest BCUT2D eigenvalue weighted by molar-refractivity contribution is 5.47. The zero-order valence-electron chi connectivity index (χ0n) is 14.0. The minimum Gasteiger partial charge on any atom is -0.367 e. The van der Waals surface area contributed by atoms with Gasteiger partial charge < -0.3 is 14.8 Å². The highest BCUT2D eigenvalue weighted by Gasteiger charge is 2.20. The van der Waals surface area contributed by atoms with Crippen LogP contribution in [0.15, 0.2) is 18.7 Å². The Morgan fingerprint density at radius 3 is 2.70 bits per heavy atom. The number of aryl methyl sites for hydroxylation is 1. The number of aromatic nitrogens is 5. The zero-order chi connectivity index (χ0) is 16.2. The van der Waals surface area contributed by atoms with E-state index < -0.39 is 0 Å². The Labute approximate surface area is 136 Å². The molecule has 1 fully saturated rings. The zero-order valence-corrected chi connectivity index (χ0v) is 14.0. The molecule has 3 rings (SSSR count). The van der Waals surface area contributed by atoms with Gasteiger partial charge in [-0.15, -0.1) is 10.2 Å². The number of hydrogen-bond acceptors (Lipinski definition) is 7. The van der Waals surface area contributed by atoms with Crippen LogP contribution in [0.4, 0.5) is 11.6 Å². The van der Waals surface area contributed by atoms with Crippen LogP contribution < -0.4 is 10.2 Å². The van der Waals surface area contributed by atoms with Crippen molar-refractivity contribution in [3.8, 4) is 0 Å². The average Bonchev–Trinajstić information content (AvgIpc) is 2.95. The van der Waals surface area contributed by atoms with Crippen molar-refractivity contribution in [2.24, 2.45) is 7.05 Å². The van der Waals surface area contributed by atoms with E-state index in [2.05, 4.69) is 30.4 Å². The van der Waals surface area contributed by atoms with Crippen molar-refractivity contribution >= 4 is 11.6 Å². The van der Waals surface area contributed by atoms with E-state index in [1.165, 1.54) is 0 Å². The number of hydrogen-bond donors (Lipinski definition) is 1. The van der Waals surface area contributed by atoms with Crippen molar-refractivity contribution < 1.29 is 0 Å². The van der Waals surface area contributed by atoms with Gasteiger partial charge in [-0.1, -0.05) is 0 Å². The topological polar surface area (TPSA) is 75.0 Å².